The first-order valence-electron chi connectivity index (χ1n) is 5.81. The third-order valence-electron chi connectivity index (χ3n) is 3.05. The highest BCUT2D eigenvalue weighted by Crippen LogP contribution is 2.36. The van der Waals surface area contributed by atoms with Gasteiger partial charge in [0, 0.05) is 11.8 Å². The molecule has 1 aromatic carbocycles. The topological polar surface area (TPSA) is 56.1 Å². The summed E-state index contributed by atoms with van der Waals surface area (Å²) in [6.07, 6.45) is 2.86. The van der Waals surface area contributed by atoms with Gasteiger partial charge in [-0.3, -0.25) is 5.32 Å². The van der Waals surface area contributed by atoms with Gasteiger partial charge in [-0.2, -0.15) is 5.10 Å². The lowest BCUT2D eigenvalue weighted by molar-refractivity contribution is 0.0420. The van der Waals surface area contributed by atoms with Crippen molar-refractivity contribution >= 4 is 23.4 Å². The molecule has 98 valence electrons. The molecular weight excluding hydrogens is 266 g/mol. The molecule has 0 unspecified atom stereocenters. The molecule has 1 aromatic heterocycles. The van der Waals surface area contributed by atoms with Gasteiger partial charge in [0.1, 0.15) is 5.60 Å². The standard InChI is InChI=1S/C13H12ClN3O2/c1-13(2)10-5-9(17-7-8(14)6-15-17)3-4-11(10)16-12(18)19-13/h3-7H,1-2H3,(H,16,18). The molecule has 0 bridgehead atoms. The first kappa shape index (κ1) is 12.0. The number of ether oxygens (including phenoxy) is 1. The van der Waals surface area contributed by atoms with E-state index in [1.807, 2.05) is 32.0 Å². The summed E-state index contributed by atoms with van der Waals surface area (Å²) in [7, 11) is 0. The molecule has 0 aliphatic carbocycles. The number of benzene rings is 1. The Labute approximate surface area is 115 Å². The summed E-state index contributed by atoms with van der Waals surface area (Å²) in [5, 5.41) is 7.41. The van der Waals surface area contributed by atoms with E-state index in [-0.39, 0.29) is 0 Å². The van der Waals surface area contributed by atoms with Crippen LogP contribution >= 0.6 is 11.6 Å². The van der Waals surface area contributed by atoms with Crippen LogP contribution in [-0.2, 0) is 10.3 Å². The monoisotopic (exact) mass is 277 g/mol. The van der Waals surface area contributed by atoms with Crippen LogP contribution < -0.4 is 5.32 Å². The zero-order valence-corrected chi connectivity index (χ0v) is 11.2. The van der Waals surface area contributed by atoms with Crippen molar-refractivity contribution in [1.82, 2.24) is 9.78 Å². The summed E-state index contributed by atoms with van der Waals surface area (Å²) < 4.78 is 6.97. The fraction of sp³-hybridized carbons (Fsp3) is 0.231. The van der Waals surface area contributed by atoms with Gasteiger partial charge in [-0.1, -0.05) is 11.6 Å². The van der Waals surface area contributed by atoms with Gasteiger partial charge in [0.2, 0.25) is 0 Å². The van der Waals surface area contributed by atoms with Gasteiger partial charge in [0.05, 0.1) is 22.6 Å². The van der Waals surface area contributed by atoms with Gasteiger partial charge >= 0.3 is 6.09 Å². The van der Waals surface area contributed by atoms with Gasteiger partial charge in [0.15, 0.2) is 0 Å². The lowest BCUT2D eigenvalue weighted by atomic mass is 9.94. The second kappa shape index (κ2) is 3.99. The maximum absolute atomic E-state index is 11.4. The summed E-state index contributed by atoms with van der Waals surface area (Å²) in [4.78, 5) is 11.4. The van der Waals surface area contributed by atoms with Crippen molar-refractivity contribution in [1.29, 1.82) is 0 Å². The molecule has 0 atom stereocenters. The largest absolute Gasteiger partial charge is 0.438 e. The van der Waals surface area contributed by atoms with E-state index in [0.717, 1.165) is 16.9 Å². The second-order valence-electron chi connectivity index (χ2n) is 4.86. The molecule has 1 N–H and O–H groups in total. The highest BCUT2D eigenvalue weighted by atomic mass is 35.5. The van der Waals surface area contributed by atoms with E-state index < -0.39 is 11.7 Å². The number of nitrogens with one attached hydrogen (secondary N) is 1. The minimum Gasteiger partial charge on any atom is -0.438 e. The molecule has 1 aliphatic heterocycles. The molecule has 0 fully saturated rings. The Morgan fingerprint density at radius 3 is 2.89 bits per heavy atom. The average Bonchev–Trinajstić information content (AvgIpc) is 2.74. The maximum atomic E-state index is 11.4. The van der Waals surface area contributed by atoms with Crippen molar-refractivity contribution in [3.8, 4) is 5.69 Å². The normalized spacial score (nSPS) is 16.5. The second-order valence-corrected chi connectivity index (χ2v) is 5.29. The molecule has 3 rings (SSSR count). The van der Waals surface area contributed by atoms with E-state index in [1.54, 1.807) is 17.1 Å². The van der Waals surface area contributed by atoms with E-state index in [0.29, 0.717) is 5.02 Å². The lowest BCUT2D eigenvalue weighted by Gasteiger charge is -2.32. The number of nitrogens with zero attached hydrogens (tertiary/aromatic N) is 2. The molecular formula is C13H12ClN3O2. The minimum atomic E-state index is -0.676. The van der Waals surface area contributed by atoms with Crippen LogP contribution in [-0.4, -0.2) is 15.9 Å². The Morgan fingerprint density at radius 2 is 2.21 bits per heavy atom. The van der Waals surface area contributed by atoms with Crippen LogP contribution in [0.25, 0.3) is 5.69 Å². The lowest BCUT2D eigenvalue weighted by Crippen LogP contribution is -2.34. The van der Waals surface area contributed by atoms with Gasteiger partial charge < -0.3 is 4.74 Å². The van der Waals surface area contributed by atoms with E-state index >= 15 is 0 Å². The smallest absolute Gasteiger partial charge is 0.412 e. The number of carbonyl (C=O) groups is 1. The van der Waals surface area contributed by atoms with E-state index in [2.05, 4.69) is 10.4 Å². The summed E-state index contributed by atoms with van der Waals surface area (Å²) in [5.74, 6) is 0. The summed E-state index contributed by atoms with van der Waals surface area (Å²) in [6.45, 7) is 3.70. The number of cyclic esters (lactones) is 1. The molecule has 5 nitrogen and oxygen atoms in total. The molecule has 2 heterocycles. The van der Waals surface area contributed by atoms with Crippen molar-refractivity contribution in [2.24, 2.45) is 0 Å². The molecule has 19 heavy (non-hydrogen) atoms. The van der Waals surface area contributed by atoms with Crippen LogP contribution in [0.1, 0.15) is 19.4 Å². The number of carbonyl (C=O) groups excluding carboxylic acids is 1. The van der Waals surface area contributed by atoms with Gasteiger partial charge in [-0.05, 0) is 32.0 Å². The van der Waals surface area contributed by atoms with Crippen molar-refractivity contribution in [3.05, 3.63) is 41.2 Å². The van der Waals surface area contributed by atoms with Crippen molar-refractivity contribution in [2.75, 3.05) is 5.32 Å². The van der Waals surface area contributed by atoms with E-state index in [4.69, 9.17) is 16.3 Å². The number of hydrogen-bond acceptors (Lipinski definition) is 3. The molecule has 0 saturated carbocycles. The highest BCUT2D eigenvalue weighted by Gasteiger charge is 2.33. The van der Waals surface area contributed by atoms with Crippen molar-refractivity contribution in [3.63, 3.8) is 0 Å². The van der Waals surface area contributed by atoms with Crippen LogP contribution in [0, 0.1) is 0 Å². The van der Waals surface area contributed by atoms with Gasteiger partial charge in [0.25, 0.3) is 0 Å². The van der Waals surface area contributed by atoms with Crippen molar-refractivity contribution in [2.45, 2.75) is 19.4 Å². The number of fused-ring (bicyclic) bond motifs is 1. The highest BCUT2D eigenvalue weighted by molar-refractivity contribution is 6.30. The maximum Gasteiger partial charge on any atom is 0.412 e. The van der Waals surface area contributed by atoms with Crippen LogP contribution in [0.5, 0.6) is 0 Å². The first-order valence-corrected chi connectivity index (χ1v) is 6.18. The Kier molecular flexibility index (Phi) is 2.53. The Bertz CT molecular complexity index is 664. The Hall–Kier alpha value is -2.01. The zero-order chi connectivity index (χ0) is 13.6. The number of amides is 1. The molecule has 0 radical (unpaired) electrons. The number of hydrogen-bond donors (Lipinski definition) is 1. The molecule has 1 aliphatic rings. The fourth-order valence-corrected chi connectivity index (χ4v) is 2.28. The van der Waals surface area contributed by atoms with Gasteiger partial charge in [-0.25, -0.2) is 9.48 Å². The Morgan fingerprint density at radius 1 is 1.42 bits per heavy atom. The molecule has 2 aromatic rings. The minimum absolute atomic E-state index is 0.438. The molecule has 6 heteroatoms. The van der Waals surface area contributed by atoms with E-state index in [1.165, 1.54) is 0 Å². The predicted molar refractivity (Wildman–Crippen MR) is 71.7 cm³/mol. The van der Waals surface area contributed by atoms with Crippen LogP contribution in [0.2, 0.25) is 5.02 Å². The fourth-order valence-electron chi connectivity index (χ4n) is 2.15. The predicted octanol–water partition coefficient (Wildman–Crippen LogP) is 3.32. The summed E-state index contributed by atoms with van der Waals surface area (Å²) in [5.41, 5.74) is 1.84. The average molecular weight is 278 g/mol. The van der Waals surface area contributed by atoms with Crippen molar-refractivity contribution < 1.29 is 9.53 Å². The Balaban J connectivity index is 2.11. The van der Waals surface area contributed by atoms with Crippen LogP contribution in [0.15, 0.2) is 30.6 Å². The zero-order valence-electron chi connectivity index (χ0n) is 10.5. The first-order chi connectivity index (χ1) is 8.95. The number of rotatable bonds is 1. The number of halogens is 1. The molecule has 0 saturated heterocycles. The quantitative estimate of drug-likeness (QED) is 0.870. The summed E-state index contributed by atoms with van der Waals surface area (Å²) >= 11 is 5.86. The SMILES string of the molecule is CC1(C)OC(=O)Nc2ccc(-n3cc(Cl)cn3)cc21. The van der Waals surface area contributed by atoms with E-state index in [9.17, 15) is 4.79 Å². The third kappa shape index (κ3) is 2.06. The summed E-state index contributed by atoms with van der Waals surface area (Å²) in [6, 6.07) is 5.63. The molecule has 0 spiro atoms. The van der Waals surface area contributed by atoms with Crippen LogP contribution in [0.4, 0.5) is 10.5 Å². The third-order valence-corrected chi connectivity index (χ3v) is 3.25. The molecule has 1 amide bonds. The van der Waals surface area contributed by atoms with Gasteiger partial charge in [-0.15, -0.1) is 0 Å². The number of aromatic nitrogens is 2. The van der Waals surface area contributed by atoms with Crippen LogP contribution in [0.3, 0.4) is 0 Å². The number of anilines is 1.